The second-order valence-electron chi connectivity index (χ2n) is 5.57. The van der Waals surface area contributed by atoms with E-state index in [-0.39, 0.29) is 13.1 Å². The lowest BCUT2D eigenvalue weighted by Crippen LogP contribution is -2.55. The van der Waals surface area contributed by atoms with E-state index in [0.717, 1.165) is 4.31 Å². The summed E-state index contributed by atoms with van der Waals surface area (Å²) in [6.07, 6.45) is 2.80. The zero-order valence-electron chi connectivity index (χ0n) is 11.8. The highest BCUT2D eigenvalue weighted by Crippen LogP contribution is 2.26. The number of hydrogen-bond donors (Lipinski definition) is 2. The van der Waals surface area contributed by atoms with E-state index < -0.39 is 34.0 Å². The highest BCUT2D eigenvalue weighted by Gasteiger charge is 2.41. The van der Waals surface area contributed by atoms with Crippen molar-refractivity contribution in [1.29, 1.82) is 0 Å². The molecule has 2 heterocycles. The Kier molecular flexibility index (Phi) is 4.84. The number of rotatable bonds is 4. The fourth-order valence-electron chi connectivity index (χ4n) is 2.96. The van der Waals surface area contributed by atoms with Crippen LogP contribution in [0.3, 0.4) is 0 Å². The molecule has 2 rings (SSSR count). The van der Waals surface area contributed by atoms with Crippen LogP contribution in [-0.2, 0) is 19.8 Å². The Morgan fingerprint density at radius 1 is 1.10 bits per heavy atom. The largest absolute Gasteiger partial charge is 0.480 e. The maximum absolute atomic E-state index is 12.7. The van der Waals surface area contributed by atoms with Gasteiger partial charge in [-0.2, -0.15) is 17.0 Å². The van der Waals surface area contributed by atoms with Gasteiger partial charge in [-0.25, -0.2) is 0 Å². The Labute approximate surface area is 124 Å². The molecule has 2 unspecified atom stereocenters. The molecule has 0 spiro atoms. The molecule has 9 heteroatoms. The minimum atomic E-state index is -3.87. The van der Waals surface area contributed by atoms with Gasteiger partial charge in [0, 0.05) is 19.6 Å². The molecule has 2 atom stereocenters. The molecule has 0 aromatic rings. The van der Waals surface area contributed by atoms with Crippen molar-refractivity contribution in [3.63, 3.8) is 0 Å². The number of nitrogens with two attached hydrogens (primary N) is 1. The first-order valence-corrected chi connectivity index (χ1v) is 8.52. The van der Waals surface area contributed by atoms with Crippen LogP contribution in [0.1, 0.15) is 32.1 Å². The molecule has 0 aromatic carbocycles. The minimum Gasteiger partial charge on any atom is -0.480 e. The lowest BCUT2D eigenvalue weighted by molar-refractivity contribution is -0.142. The number of aliphatic carboxylic acids is 1. The second kappa shape index (κ2) is 6.29. The van der Waals surface area contributed by atoms with E-state index in [1.807, 2.05) is 0 Å². The average molecular weight is 319 g/mol. The fraction of sp³-hybridized carbons (Fsp3) is 0.833. The van der Waals surface area contributed by atoms with Gasteiger partial charge in [0.25, 0.3) is 10.2 Å². The lowest BCUT2D eigenvalue weighted by Gasteiger charge is -2.38. The summed E-state index contributed by atoms with van der Waals surface area (Å²) in [4.78, 5) is 22.5. The molecule has 2 aliphatic heterocycles. The summed E-state index contributed by atoms with van der Waals surface area (Å²) < 4.78 is 27.6. The van der Waals surface area contributed by atoms with E-state index in [1.165, 1.54) is 4.31 Å². The fourth-order valence-corrected chi connectivity index (χ4v) is 4.86. The van der Waals surface area contributed by atoms with Gasteiger partial charge in [-0.15, -0.1) is 0 Å². The van der Waals surface area contributed by atoms with Crippen molar-refractivity contribution >= 4 is 22.1 Å². The second-order valence-corrected chi connectivity index (χ2v) is 7.45. The molecule has 2 fully saturated rings. The van der Waals surface area contributed by atoms with Crippen LogP contribution in [0.2, 0.25) is 0 Å². The van der Waals surface area contributed by atoms with Gasteiger partial charge in [-0.05, 0) is 32.1 Å². The van der Waals surface area contributed by atoms with Gasteiger partial charge < -0.3 is 10.8 Å². The maximum Gasteiger partial charge on any atom is 0.322 e. The van der Waals surface area contributed by atoms with E-state index in [9.17, 15) is 23.1 Å². The topological polar surface area (TPSA) is 121 Å². The van der Waals surface area contributed by atoms with Crippen molar-refractivity contribution in [3.05, 3.63) is 0 Å². The highest BCUT2D eigenvalue weighted by atomic mass is 32.2. The summed E-state index contributed by atoms with van der Waals surface area (Å²) in [6.45, 7) is 0.548. The molecule has 0 radical (unpaired) electrons. The quantitative estimate of drug-likeness (QED) is 0.714. The molecular weight excluding hydrogens is 298 g/mol. The zero-order valence-corrected chi connectivity index (χ0v) is 12.6. The van der Waals surface area contributed by atoms with E-state index in [4.69, 9.17) is 5.73 Å². The molecule has 2 saturated heterocycles. The van der Waals surface area contributed by atoms with Crippen molar-refractivity contribution in [2.75, 3.05) is 19.6 Å². The van der Waals surface area contributed by atoms with Gasteiger partial charge in [0.05, 0.1) is 5.92 Å². The molecule has 2 aliphatic rings. The summed E-state index contributed by atoms with van der Waals surface area (Å²) in [5.41, 5.74) is 5.26. The van der Waals surface area contributed by atoms with Crippen molar-refractivity contribution in [3.8, 4) is 0 Å². The third-order valence-corrected chi connectivity index (χ3v) is 6.16. The molecule has 0 saturated carbocycles. The van der Waals surface area contributed by atoms with Crippen LogP contribution < -0.4 is 5.73 Å². The van der Waals surface area contributed by atoms with E-state index in [2.05, 4.69) is 0 Å². The number of nitrogens with zero attached hydrogens (tertiary/aromatic N) is 2. The Morgan fingerprint density at radius 3 is 2.43 bits per heavy atom. The number of carbonyl (C=O) groups is 2. The first kappa shape index (κ1) is 16.2. The van der Waals surface area contributed by atoms with Gasteiger partial charge in [0.2, 0.25) is 5.91 Å². The van der Waals surface area contributed by atoms with Crippen LogP contribution in [0.4, 0.5) is 0 Å². The van der Waals surface area contributed by atoms with Crippen LogP contribution >= 0.6 is 0 Å². The normalized spacial score (nSPS) is 29.1. The smallest absolute Gasteiger partial charge is 0.322 e. The highest BCUT2D eigenvalue weighted by molar-refractivity contribution is 7.86. The molecule has 3 N–H and O–H groups in total. The van der Waals surface area contributed by atoms with Crippen molar-refractivity contribution < 1.29 is 23.1 Å². The number of amides is 1. The van der Waals surface area contributed by atoms with Crippen LogP contribution in [-0.4, -0.2) is 59.7 Å². The number of carboxylic acid groups (broad SMARTS) is 1. The molecule has 0 aliphatic carbocycles. The molecule has 0 bridgehead atoms. The maximum atomic E-state index is 12.7. The Balaban J connectivity index is 2.19. The van der Waals surface area contributed by atoms with Crippen LogP contribution in [0.15, 0.2) is 0 Å². The molecule has 120 valence electrons. The van der Waals surface area contributed by atoms with Crippen LogP contribution in [0.25, 0.3) is 0 Å². The van der Waals surface area contributed by atoms with Gasteiger partial charge in [-0.3, -0.25) is 9.59 Å². The Bertz CT molecular complexity index is 521. The number of carbonyl (C=O) groups excluding carboxylic acids is 1. The summed E-state index contributed by atoms with van der Waals surface area (Å²) >= 11 is 0. The van der Waals surface area contributed by atoms with Gasteiger partial charge >= 0.3 is 5.97 Å². The number of primary amides is 1. The van der Waals surface area contributed by atoms with Gasteiger partial charge in [0.15, 0.2) is 0 Å². The SMILES string of the molecule is NC(=O)C1CCCN(S(=O)(=O)N2CCCCC2C(=O)O)C1. The summed E-state index contributed by atoms with van der Waals surface area (Å²) in [5.74, 6) is -2.13. The predicted molar refractivity (Wildman–Crippen MR) is 74.4 cm³/mol. The Morgan fingerprint density at radius 2 is 1.81 bits per heavy atom. The molecular formula is C12H21N3O5S. The average Bonchev–Trinajstić information content (AvgIpc) is 2.47. The molecule has 1 amide bonds. The van der Waals surface area contributed by atoms with Gasteiger partial charge in [-0.1, -0.05) is 0 Å². The monoisotopic (exact) mass is 319 g/mol. The van der Waals surface area contributed by atoms with E-state index >= 15 is 0 Å². The number of piperidine rings is 2. The van der Waals surface area contributed by atoms with Crippen molar-refractivity contribution in [1.82, 2.24) is 8.61 Å². The van der Waals surface area contributed by atoms with Crippen LogP contribution in [0.5, 0.6) is 0 Å². The number of hydrogen-bond acceptors (Lipinski definition) is 4. The summed E-state index contributed by atoms with van der Waals surface area (Å²) in [6, 6.07) is -1.02. The summed E-state index contributed by atoms with van der Waals surface area (Å²) in [5, 5.41) is 9.21. The lowest BCUT2D eigenvalue weighted by atomic mass is 9.99. The van der Waals surface area contributed by atoms with Crippen molar-refractivity contribution in [2.45, 2.75) is 38.1 Å². The van der Waals surface area contributed by atoms with E-state index in [1.54, 1.807) is 0 Å². The molecule has 8 nitrogen and oxygen atoms in total. The molecule has 0 aromatic heterocycles. The minimum absolute atomic E-state index is 0.0422. The Hall–Kier alpha value is -1.19. The van der Waals surface area contributed by atoms with Crippen LogP contribution in [0, 0.1) is 5.92 Å². The zero-order chi connectivity index (χ0) is 15.6. The number of carboxylic acids is 1. The first-order valence-electron chi connectivity index (χ1n) is 7.13. The third kappa shape index (κ3) is 3.35. The van der Waals surface area contributed by atoms with Crippen molar-refractivity contribution in [2.24, 2.45) is 11.7 Å². The van der Waals surface area contributed by atoms with E-state index in [0.29, 0.717) is 38.6 Å². The third-order valence-electron chi connectivity index (χ3n) is 4.15. The molecule has 21 heavy (non-hydrogen) atoms. The summed E-state index contributed by atoms with van der Waals surface area (Å²) in [7, 11) is -3.87. The first-order chi connectivity index (χ1) is 9.84. The predicted octanol–water partition coefficient (Wildman–Crippen LogP) is -0.632. The standard InChI is InChI=1S/C12H21N3O5S/c13-11(16)9-4-3-6-14(8-9)21(19,20)15-7-2-1-5-10(15)12(17)18/h9-10H,1-8H2,(H2,13,16)(H,17,18). The van der Waals surface area contributed by atoms with Gasteiger partial charge in [0.1, 0.15) is 6.04 Å².